The lowest BCUT2D eigenvalue weighted by Crippen LogP contribution is -2.60. The first-order valence-electron chi connectivity index (χ1n) is 34.1. The fourth-order valence-corrected chi connectivity index (χ4v) is 10.3. The lowest BCUT2D eigenvalue weighted by atomic mass is 9.99. The van der Waals surface area contributed by atoms with E-state index in [1.807, 2.05) is 0 Å². The topological polar surface area (TPSA) is 149 Å². The molecular weight excluding hydrogens is 1020 g/mol. The summed E-state index contributed by atoms with van der Waals surface area (Å²) in [4.78, 5) is 13.1. The number of hydrogen-bond acceptors (Lipinski definition) is 8. The number of nitrogens with one attached hydrogen (secondary N) is 1. The van der Waals surface area contributed by atoms with Crippen LogP contribution in [0.5, 0.6) is 0 Å². The molecule has 0 aromatic rings. The lowest BCUT2D eigenvalue weighted by Gasteiger charge is -2.40. The van der Waals surface area contributed by atoms with E-state index in [1.165, 1.54) is 167 Å². The summed E-state index contributed by atoms with van der Waals surface area (Å²) in [5, 5.41) is 54.8. The van der Waals surface area contributed by atoms with Gasteiger partial charge in [0.2, 0.25) is 5.91 Å². The molecule has 0 bridgehead atoms. The Balaban J connectivity index is 2.10. The van der Waals surface area contributed by atoms with Crippen molar-refractivity contribution in [2.45, 2.75) is 333 Å². The molecule has 1 rings (SSSR count). The molecule has 6 N–H and O–H groups in total. The van der Waals surface area contributed by atoms with Crippen LogP contribution in [0, 0.1) is 0 Å². The zero-order chi connectivity index (χ0) is 59.3. The van der Waals surface area contributed by atoms with Crippen LogP contribution in [0.4, 0.5) is 0 Å². The molecule has 7 unspecified atom stereocenters. The fourth-order valence-electron chi connectivity index (χ4n) is 10.3. The Morgan fingerprint density at radius 3 is 1.12 bits per heavy atom. The maximum atomic E-state index is 13.1. The van der Waals surface area contributed by atoms with Crippen LogP contribution in [0.2, 0.25) is 0 Å². The molecule has 9 nitrogen and oxygen atoms in total. The highest BCUT2D eigenvalue weighted by atomic mass is 16.7. The summed E-state index contributed by atoms with van der Waals surface area (Å²) in [6.45, 7) is 3.74. The number of carbonyl (C=O) groups is 1. The normalized spacial score (nSPS) is 19.0. The standard InChI is InChI=1S/C73H127NO8/c1-3-5-7-9-11-13-15-17-19-21-23-24-25-26-27-28-29-30-31-32-33-34-35-36-37-38-39-40-41-42-43-44-45-47-49-51-53-55-57-59-61-63-69(77)74-66(65-81-73-72(80)71(79)70(78)68(64-75)82-73)67(76)62-60-58-56-54-52-50-48-46-22-20-18-16-14-12-10-8-6-4-2/h5,7,11,13,17,19,23-24,26-27,29-30,32-33,35-36,38-39,66-68,70-73,75-76,78-80H,3-4,6,8-10,12,14-16,18,20-22,25,28,31,34,37,40-65H2,1-2H3,(H,74,77)/b7-5-,13-11-,19-17-,24-23-,27-26-,30-29-,33-32-,36-35-,39-38-. The number of hydrogen-bond donors (Lipinski definition) is 6. The van der Waals surface area contributed by atoms with Crippen molar-refractivity contribution in [2.24, 2.45) is 0 Å². The third-order valence-corrected chi connectivity index (χ3v) is 15.6. The Morgan fingerprint density at radius 2 is 0.756 bits per heavy atom. The van der Waals surface area contributed by atoms with Gasteiger partial charge >= 0.3 is 0 Å². The number of unbranched alkanes of at least 4 members (excludes halogenated alkanes) is 30. The number of amides is 1. The molecule has 82 heavy (non-hydrogen) atoms. The van der Waals surface area contributed by atoms with Gasteiger partial charge in [-0.25, -0.2) is 0 Å². The van der Waals surface area contributed by atoms with E-state index in [4.69, 9.17) is 9.47 Å². The Bertz CT molecular complexity index is 1660. The molecule has 1 aliphatic heterocycles. The van der Waals surface area contributed by atoms with E-state index in [9.17, 15) is 30.3 Å². The van der Waals surface area contributed by atoms with Gasteiger partial charge in [-0.15, -0.1) is 0 Å². The van der Waals surface area contributed by atoms with Crippen LogP contribution < -0.4 is 5.32 Å². The molecule has 0 aromatic heterocycles. The number of aliphatic hydroxyl groups excluding tert-OH is 5. The summed E-state index contributed by atoms with van der Waals surface area (Å²) in [6, 6.07) is -0.726. The van der Waals surface area contributed by atoms with E-state index in [-0.39, 0.29) is 12.5 Å². The van der Waals surface area contributed by atoms with E-state index in [2.05, 4.69) is 129 Å². The van der Waals surface area contributed by atoms with E-state index < -0.39 is 49.5 Å². The van der Waals surface area contributed by atoms with Gasteiger partial charge in [-0.05, 0) is 83.5 Å². The van der Waals surface area contributed by atoms with Gasteiger partial charge in [-0.1, -0.05) is 309 Å². The molecule has 0 aromatic carbocycles. The van der Waals surface area contributed by atoms with Crippen LogP contribution in [-0.4, -0.2) is 87.5 Å². The van der Waals surface area contributed by atoms with Crippen molar-refractivity contribution < 1.29 is 39.8 Å². The van der Waals surface area contributed by atoms with Crippen molar-refractivity contribution in [1.82, 2.24) is 5.32 Å². The number of allylic oxidation sites excluding steroid dienone is 18. The van der Waals surface area contributed by atoms with Crippen molar-refractivity contribution in [2.75, 3.05) is 13.2 Å². The molecule has 0 aliphatic carbocycles. The minimum atomic E-state index is -1.56. The van der Waals surface area contributed by atoms with Crippen molar-refractivity contribution in [3.63, 3.8) is 0 Å². The largest absolute Gasteiger partial charge is 0.394 e. The van der Waals surface area contributed by atoms with Gasteiger partial charge in [0, 0.05) is 6.42 Å². The van der Waals surface area contributed by atoms with Gasteiger partial charge in [0.1, 0.15) is 24.4 Å². The quantitative estimate of drug-likeness (QED) is 0.0261. The second-order valence-electron chi connectivity index (χ2n) is 23.2. The molecule has 1 heterocycles. The second-order valence-corrected chi connectivity index (χ2v) is 23.2. The highest BCUT2D eigenvalue weighted by Crippen LogP contribution is 2.23. The molecule has 1 aliphatic rings. The third kappa shape index (κ3) is 49.1. The maximum absolute atomic E-state index is 13.1. The lowest BCUT2D eigenvalue weighted by molar-refractivity contribution is -0.302. The predicted molar refractivity (Wildman–Crippen MR) is 350 cm³/mol. The van der Waals surface area contributed by atoms with Gasteiger partial charge in [0.15, 0.2) is 6.29 Å². The first-order valence-corrected chi connectivity index (χ1v) is 34.1. The molecular formula is C73H127NO8. The molecule has 0 radical (unpaired) electrons. The molecule has 9 heteroatoms. The Kier molecular flexibility index (Phi) is 57.1. The highest BCUT2D eigenvalue weighted by molar-refractivity contribution is 5.76. The molecule has 1 saturated heterocycles. The summed E-state index contributed by atoms with van der Waals surface area (Å²) in [6.07, 6.45) is 82.8. The summed E-state index contributed by atoms with van der Waals surface area (Å²) in [5.74, 6) is -0.146. The zero-order valence-electron chi connectivity index (χ0n) is 52.7. The monoisotopic (exact) mass is 1150 g/mol. The number of ether oxygens (including phenoxy) is 2. The molecule has 7 atom stereocenters. The summed E-state index contributed by atoms with van der Waals surface area (Å²) in [7, 11) is 0. The van der Waals surface area contributed by atoms with E-state index in [1.54, 1.807) is 0 Å². The first kappa shape index (κ1) is 76.9. The molecule has 472 valence electrons. The van der Waals surface area contributed by atoms with Crippen LogP contribution in [-0.2, 0) is 14.3 Å². The minimum absolute atomic E-state index is 0.141. The molecule has 1 amide bonds. The van der Waals surface area contributed by atoms with Crippen molar-refractivity contribution in [3.05, 3.63) is 109 Å². The molecule has 1 fully saturated rings. The highest BCUT2D eigenvalue weighted by Gasteiger charge is 2.44. The van der Waals surface area contributed by atoms with Crippen molar-refractivity contribution >= 4 is 5.91 Å². The van der Waals surface area contributed by atoms with Crippen LogP contribution in [0.3, 0.4) is 0 Å². The van der Waals surface area contributed by atoms with Crippen LogP contribution in [0.25, 0.3) is 0 Å². The summed E-state index contributed by atoms with van der Waals surface area (Å²) < 4.78 is 11.3. The second kappa shape index (κ2) is 61.0. The van der Waals surface area contributed by atoms with Gasteiger partial charge in [0.05, 0.1) is 25.4 Å². The van der Waals surface area contributed by atoms with Crippen LogP contribution >= 0.6 is 0 Å². The van der Waals surface area contributed by atoms with Crippen LogP contribution in [0.15, 0.2) is 109 Å². The Labute approximate surface area is 504 Å². The van der Waals surface area contributed by atoms with Crippen molar-refractivity contribution in [3.8, 4) is 0 Å². The van der Waals surface area contributed by atoms with Crippen LogP contribution in [0.1, 0.15) is 290 Å². The van der Waals surface area contributed by atoms with Gasteiger partial charge in [-0.2, -0.15) is 0 Å². The minimum Gasteiger partial charge on any atom is -0.394 e. The first-order chi connectivity index (χ1) is 40.3. The zero-order valence-corrected chi connectivity index (χ0v) is 52.7. The van der Waals surface area contributed by atoms with Gasteiger partial charge in [-0.3, -0.25) is 4.79 Å². The Hall–Kier alpha value is -3.15. The SMILES string of the molecule is CC/C=C\C/C=C\C/C=C\C/C=C\C/C=C\C/C=C\C/C=C\C/C=C\C/C=C\CCCCCCCCCCCCCCCC(=O)NC(COC1OC(CO)C(O)C(O)C1O)C(O)CCCCCCCCCCCCCCCCCCCC. The number of aliphatic hydroxyl groups is 5. The average Bonchev–Trinajstić information content (AvgIpc) is 3.57. The van der Waals surface area contributed by atoms with E-state index in [0.717, 1.165) is 96.3 Å². The molecule has 0 saturated carbocycles. The number of carbonyl (C=O) groups excluding carboxylic acids is 1. The third-order valence-electron chi connectivity index (χ3n) is 15.6. The average molecular weight is 1150 g/mol. The van der Waals surface area contributed by atoms with E-state index in [0.29, 0.717) is 12.8 Å². The number of rotatable bonds is 58. The van der Waals surface area contributed by atoms with Gasteiger partial charge < -0.3 is 40.3 Å². The maximum Gasteiger partial charge on any atom is 0.220 e. The summed E-state index contributed by atoms with van der Waals surface area (Å²) >= 11 is 0. The Morgan fingerprint density at radius 1 is 0.427 bits per heavy atom. The van der Waals surface area contributed by atoms with E-state index >= 15 is 0 Å². The fraction of sp³-hybridized carbons (Fsp3) is 0.740. The predicted octanol–water partition coefficient (Wildman–Crippen LogP) is 18.5. The van der Waals surface area contributed by atoms with Crippen molar-refractivity contribution in [1.29, 1.82) is 0 Å². The van der Waals surface area contributed by atoms with Gasteiger partial charge in [0.25, 0.3) is 0 Å². The smallest absolute Gasteiger partial charge is 0.220 e. The summed E-state index contributed by atoms with van der Waals surface area (Å²) in [5.41, 5.74) is 0. The molecule has 0 spiro atoms.